The summed E-state index contributed by atoms with van der Waals surface area (Å²) < 4.78 is 0. The van der Waals surface area contributed by atoms with Gasteiger partial charge in [-0.2, -0.15) is 0 Å². The van der Waals surface area contributed by atoms with Crippen molar-refractivity contribution in [1.29, 1.82) is 0 Å². The van der Waals surface area contributed by atoms with Crippen LogP contribution in [0.4, 0.5) is 0 Å². The maximum Gasteiger partial charge on any atom is 0.145 e. The summed E-state index contributed by atoms with van der Waals surface area (Å²) in [5.41, 5.74) is 5.21. The first-order chi connectivity index (χ1) is 12.3. The lowest BCUT2D eigenvalue weighted by molar-refractivity contribution is 0.272. The third-order valence-electron chi connectivity index (χ3n) is 5.09. The maximum atomic E-state index is 4.86. The third kappa shape index (κ3) is 3.97. The minimum atomic E-state index is 0.361. The number of rotatable bonds is 4. The van der Waals surface area contributed by atoms with E-state index in [2.05, 4.69) is 64.7 Å². The molecule has 1 atom stereocenters. The maximum absolute atomic E-state index is 4.86. The number of nitrogens with one attached hydrogen (secondary N) is 1. The van der Waals surface area contributed by atoms with Crippen LogP contribution in [0.15, 0.2) is 42.1 Å². The molecule has 4 nitrogen and oxygen atoms in total. The van der Waals surface area contributed by atoms with Crippen molar-refractivity contribution < 1.29 is 0 Å². The smallest absolute Gasteiger partial charge is 0.145 e. The van der Waals surface area contributed by atoms with Crippen LogP contribution in [-0.2, 0) is 13.0 Å². The zero-order chi connectivity index (χ0) is 17.1. The lowest BCUT2D eigenvalue weighted by atomic mass is 10.1. The number of nitrogens with zero attached hydrogens (tertiary/aromatic N) is 3. The second kappa shape index (κ2) is 7.46. The summed E-state index contributed by atoms with van der Waals surface area (Å²) in [5, 5.41) is 3.49. The quantitative estimate of drug-likeness (QED) is 0.931. The molecule has 1 aromatic heterocycles. The zero-order valence-electron chi connectivity index (χ0n) is 14.9. The molecule has 1 fully saturated rings. The number of aromatic nitrogens is 2. The van der Waals surface area contributed by atoms with Crippen molar-refractivity contribution in [2.75, 3.05) is 19.6 Å². The molecule has 130 valence electrons. The minimum Gasteiger partial charge on any atom is -0.307 e. The van der Waals surface area contributed by atoms with Gasteiger partial charge in [0.15, 0.2) is 0 Å². The monoisotopic (exact) mass is 334 g/mol. The predicted molar refractivity (Wildman–Crippen MR) is 101 cm³/mol. The number of fused-ring (bicyclic) bond motifs is 1. The van der Waals surface area contributed by atoms with Gasteiger partial charge in [0.25, 0.3) is 0 Å². The van der Waals surface area contributed by atoms with Gasteiger partial charge in [0.1, 0.15) is 5.82 Å². The molecule has 4 heteroatoms. The molecule has 1 N–H and O–H groups in total. The molecule has 0 bridgehead atoms. The predicted octanol–water partition coefficient (Wildman–Crippen LogP) is 3.36. The van der Waals surface area contributed by atoms with E-state index in [1.807, 2.05) is 0 Å². The van der Waals surface area contributed by atoms with E-state index in [1.54, 1.807) is 0 Å². The summed E-state index contributed by atoms with van der Waals surface area (Å²) in [4.78, 5) is 12.0. The molecule has 2 aliphatic heterocycles. The van der Waals surface area contributed by atoms with E-state index < -0.39 is 0 Å². The standard InChI is InChI=1S/C21H26N4/c1-16(12-17-6-3-2-4-7-17)14-25-11-9-19-18(15-25)13-23-21(24-19)20-8-5-10-22-20/h2-4,6-7,12-13,20,22H,5,8-11,14-15H2,1H3/b16-12+/t20-/m0/s1. The molecule has 2 aromatic rings. The zero-order valence-corrected chi connectivity index (χ0v) is 14.9. The van der Waals surface area contributed by atoms with Gasteiger partial charge >= 0.3 is 0 Å². The van der Waals surface area contributed by atoms with Crippen LogP contribution in [-0.4, -0.2) is 34.5 Å². The summed E-state index contributed by atoms with van der Waals surface area (Å²) in [5.74, 6) is 0.991. The SMILES string of the molecule is C/C(=C\c1ccccc1)CN1CCc2nc([C@@H]3CCCN3)ncc2C1. The fraction of sp³-hybridized carbons (Fsp3) is 0.429. The van der Waals surface area contributed by atoms with Crippen molar-refractivity contribution in [3.05, 3.63) is 64.7 Å². The highest BCUT2D eigenvalue weighted by Crippen LogP contribution is 2.23. The lowest BCUT2D eigenvalue weighted by Crippen LogP contribution is -2.33. The van der Waals surface area contributed by atoms with Crippen molar-refractivity contribution in [3.8, 4) is 0 Å². The van der Waals surface area contributed by atoms with Crippen LogP contribution >= 0.6 is 0 Å². The van der Waals surface area contributed by atoms with Crippen LogP contribution in [0.1, 0.15) is 48.5 Å². The van der Waals surface area contributed by atoms with Crippen molar-refractivity contribution in [2.45, 2.75) is 38.8 Å². The summed E-state index contributed by atoms with van der Waals surface area (Å²) in [6, 6.07) is 10.9. The third-order valence-corrected chi connectivity index (χ3v) is 5.09. The summed E-state index contributed by atoms with van der Waals surface area (Å²) >= 11 is 0. The molecule has 3 heterocycles. The first-order valence-electron chi connectivity index (χ1n) is 9.30. The van der Waals surface area contributed by atoms with Crippen LogP contribution in [0, 0.1) is 0 Å². The summed E-state index contributed by atoms with van der Waals surface area (Å²) in [6.07, 6.45) is 7.75. The fourth-order valence-electron chi connectivity index (χ4n) is 3.83. The molecule has 25 heavy (non-hydrogen) atoms. The Morgan fingerprint density at radius 1 is 1.32 bits per heavy atom. The molecule has 1 aromatic carbocycles. The van der Waals surface area contributed by atoms with Crippen LogP contribution < -0.4 is 5.32 Å². The van der Waals surface area contributed by atoms with E-state index in [0.717, 1.165) is 44.8 Å². The van der Waals surface area contributed by atoms with E-state index in [0.29, 0.717) is 6.04 Å². The van der Waals surface area contributed by atoms with Gasteiger partial charge in [0.2, 0.25) is 0 Å². The van der Waals surface area contributed by atoms with Gasteiger partial charge in [0, 0.05) is 43.5 Å². The van der Waals surface area contributed by atoms with Gasteiger partial charge in [-0.25, -0.2) is 9.97 Å². The molecular formula is C21H26N4. The highest BCUT2D eigenvalue weighted by Gasteiger charge is 2.23. The Morgan fingerprint density at radius 3 is 3.00 bits per heavy atom. The average Bonchev–Trinajstić information content (AvgIpc) is 3.17. The lowest BCUT2D eigenvalue weighted by Gasteiger charge is -2.28. The molecule has 2 aliphatic rings. The van der Waals surface area contributed by atoms with Gasteiger partial charge in [-0.1, -0.05) is 42.0 Å². The molecule has 1 saturated heterocycles. The molecule has 0 radical (unpaired) electrons. The normalized spacial score (nSPS) is 21.3. The van der Waals surface area contributed by atoms with Crippen LogP contribution in [0.25, 0.3) is 6.08 Å². The Balaban J connectivity index is 1.41. The van der Waals surface area contributed by atoms with E-state index in [-0.39, 0.29) is 0 Å². The largest absolute Gasteiger partial charge is 0.307 e. The van der Waals surface area contributed by atoms with E-state index >= 15 is 0 Å². The van der Waals surface area contributed by atoms with E-state index in [9.17, 15) is 0 Å². The molecule has 0 aliphatic carbocycles. The first-order valence-corrected chi connectivity index (χ1v) is 9.30. The Kier molecular flexibility index (Phi) is 4.90. The number of hydrogen-bond donors (Lipinski definition) is 1. The van der Waals surface area contributed by atoms with Gasteiger partial charge in [0.05, 0.1) is 6.04 Å². The highest BCUT2D eigenvalue weighted by molar-refractivity contribution is 5.52. The van der Waals surface area contributed by atoms with Gasteiger partial charge in [-0.3, -0.25) is 4.90 Å². The molecule has 0 amide bonds. The number of benzene rings is 1. The van der Waals surface area contributed by atoms with E-state index in [1.165, 1.54) is 28.8 Å². The Hall–Kier alpha value is -2.04. The molecule has 0 saturated carbocycles. The molecular weight excluding hydrogens is 308 g/mol. The first kappa shape index (κ1) is 16.4. The highest BCUT2D eigenvalue weighted by atomic mass is 15.1. The van der Waals surface area contributed by atoms with Crippen molar-refractivity contribution in [3.63, 3.8) is 0 Å². The van der Waals surface area contributed by atoms with Crippen molar-refractivity contribution >= 4 is 6.08 Å². The number of hydrogen-bond acceptors (Lipinski definition) is 4. The molecule has 4 rings (SSSR count). The summed E-state index contributed by atoms with van der Waals surface area (Å²) in [6.45, 7) is 6.33. The molecule has 0 unspecified atom stereocenters. The second-order valence-corrected chi connectivity index (χ2v) is 7.21. The Morgan fingerprint density at radius 2 is 2.20 bits per heavy atom. The van der Waals surface area contributed by atoms with Crippen molar-refractivity contribution in [2.24, 2.45) is 0 Å². The second-order valence-electron chi connectivity index (χ2n) is 7.21. The van der Waals surface area contributed by atoms with Crippen LogP contribution in [0.2, 0.25) is 0 Å². The summed E-state index contributed by atoms with van der Waals surface area (Å²) in [7, 11) is 0. The van der Waals surface area contributed by atoms with Gasteiger partial charge < -0.3 is 5.32 Å². The van der Waals surface area contributed by atoms with Crippen LogP contribution in [0.5, 0.6) is 0 Å². The fourth-order valence-corrected chi connectivity index (χ4v) is 3.83. The Labute approximate surface area is 150 Å². The topological polar surface area (TPSA) is 41.1 Å². The van der Waals surface area contributed by atoms with Crippen molar-refractivity contribution in [1.82, 2.24) is 20.2 Å². The Bertz CT molecular complexity index is 748. The van der Waals surface area contributed by atoms with Gasteiger partial charge in [-0.15, -0.1) is 0 Å². The van der Waals surface area contributed by atoms with E-state index in [4.69, 9.17) is 4.98 Å². The van der Waals surface area contributed by atoms with Crippen LogP contribution in [0.3, 0.4) is 0 Å². The average molecular weight is 334 g/mol. The minimum absolute atomic E-state index is 0.361. The van der Waals surface area contributed by atoms with Gasteiger partial charge in [-0.05, 0) is 31.9 Å². The molecule has 0 spiro atoms.